The van der Waals surface area contributed by atoms with Gasteiger partial charge in [0.15, 0.2) is 0 Å². The summed E-state index contributed by atoms with van der Waals surface area (Å²) in [4.78, 5) is 0. The predicted molar refractivity (Wildman–Crippen MR) is 106 cm³/mol. The molecule has 0 spiro atoms. The van der Waals surface area contributed by atoms with Crippen LogP contribution in [0.2, 0.25) is 5.02 Å². The molecule has 2 nitrogen and oxygen atoms in total. The van der Waals surface area contributed by atoms with E-state index >= 15 is 0 Å². The minimum atomic E-state index is -5.10. The maximum atomic E-state index is 14.6. The first kappa shape index (κ1) is 24.4. The second-order valence-corrected chi connectivity index (χ2v) is 8.46. The second-order valence-electron chi connectivity index (χ2n) is 8.05. The molecule has 2 N–H and O–H groups in total. The van der Waals surface area contributed by atoms with Crippen LogP contribution in [0.1, 0.15) is 36.5 Å². The van der Waals surface area contributed by atoms with Crippen LogP contribution in [0.15, 0.2) is 47.1 Å². The van der Waals surface area contributed by atoms with Crippen molar-refractivity contribution in [3.63, 3.8) is 0 Å². The van der Waals surface area contributed by atoms with Crippen molar-refractivity contribution in [3.8, 4) is 11.3 Å². The molecule has 0 bridgehead atoms. The van der Waals surface area contributed by atoms with Crippen molar-refractivity contribution < 1.29 is 35.2 Å². The zero-order valence-electron chi connectivity index (χ0n) is 16.9. The molecule has 1 aromatic carbocycles. The minimum absolute atomic E-state index is 0.133. The van der Waals surface area contributed by atoms with Gasteiger partial charge in [0.2, 0.25) is 0 Å². The molecule has 1 aliphatic carbocycles. The van der Waals surface area contributed by atoms with Gasteiger partial charge >= 0.3 is 12.4 Å². The Morgan fingerprint density at radius 1 is 1.03 bits per heavy atom. The van der Waals surface area contributed by atoms with Crippen LogP contribution in [-0.4, -0.2) is 11.7 Å². The molecule has 1 aromatic rings. The van der Waals surface area contributed by atoms with E-state index in [9.17, 15) is 30.7 Å². The van der Waals surface area contributed by atoms with Crippen molar-refractivity contribution in [3.05, 3.63) is 70.2 Å². The average molecular weight is 482 g/mol. The Morgan fingerprint density at radius 3 is 2.25 bits per heavy atom. The third-order valence-electron chi connectivity index (χ3n) is 5.51. The van der Waals surface area contributed by atoms with Crippen LogP contribution in [0, 0.1) is 11.7 Å². The Bertz CT molecular complexity index is 1070. The van der Waals surface area contributed by atoms with Crippen LogP contribution >= 0.6 is 11.6 Å². The fraction of sp³-hybridized carbons (Fsp3) is 0.364. The van der Waals surface area contributed by atoms with Gasteiger partial charge in [0, 0.05) is 23.5 Å². The molecule has 2 aliphatic rings. The van der Waals surface area contributed by atoms with E-state index in [1.54, 1.807) is 18.2 Å². The monoisotopic (exact) mass is 481 g/mol. The first-order chi connectivity index (χ1) is 14.7. The number of rotatable bonds is 5. The normalized spacial score (nSPS) is 15.9. The Balaban J connectivity index is 2.20. The maximum absolute atomic E-state index is 14.6. The summed E-state index contributed by atoms with van der Waals surface area (Å²) >= 11 is 5.58. The third-order valence-corrected chi connectivity index (χ3v) is 5.78. The van der Waals surface area contributed by atoms with Crippen molar-refractivity contribution >= 4 is 11.6 Å². The molecule has 10 heteroatoms. The van der Waals surface area contributed by atoms with Crippen molar-refractivity contribution in [2.24, 2.45) is 11.7 Å². The molecule has 0 saturated heterocycles. The highest BCUT2D eigenvalue weighted by Gasteiger charge is 2.58. The van der Waals surface area contributed by atoms with Crippen LogP contribution in [-0.2, 0) is 12.6 Å². The van der Waals surface area contributed by atoms with Crippen molar-refractivity contribution in [2.75, 3.05) is 0 Å². The Kier molecular flexibility index (Phi) is 6.30. The molecule has 3 rings (SSSR count). The molecule has 0 fully saturated rings. The molecule has 2 atom stereocenters. The van der Waals surface area contributed by atoms with Gasteiger partial charge in [-0.25, -0.2) is 4.39 Å². The molecule has 1 aliphatic heterocycles. The van der Waals surface area contributed by atoms with Gasteiger partial charge in [-0.15, -0.1) is 0 Å². The summed E-state index contributed by atoms with van der Waals surface area (Å²) in [5.74, 6) is -3.39. The molecule has 174 valence electrons. The van der Waals surface area contributed by atoms with Gasteiger partial charge in [-0.3, -0.25) is 0 Å². The Hall–Kier alpha value is -2.26. The van der Waals surface area contributed by atoms with Crippen LogP contribution < -0.4 is 5.73 Å². The van der Waals surface area contributed by atoms with E-state index < -0.39 is 58.1 Å². The highest BCUT2D eigenvalue weighted by molar-refractivity contribution is 6.30. The van der Waals surface area contributed by atoms with Gasteiger partial charge in [-0.2, -0.15) is 26.3 Å². The van der Waals surface area contributed by atoms with Crippen molar-refractivity contribution in [2.45, 2.75) is 44.1 Å². The lowest BCUT2D eigenvalue weighted by molar-refractivity contribution is -0.196. The smallest absolute Gasteiger partial charge is 0.416 e. The number of hydrogen-bond donors (Lipinski definition) is 1. The summed E-state index contributed by atoms with van der Waals surface area (Å²) in [7, 11) is 0. The van der Waals surface area contributed by atoms with E-state index in [1.807, 2.05) is 0 Å². The summed E-state index contributed by atoms with van der Waals surface area (Å²) in [5, 5.41) is -0.936. The molecule has 0 radical (unpaired) electrons. The Labute approximate surface area is 184 Å². The fourth-order valence-electron chi connectivity index (χ4n) is 4.13. The van der Waals surface area contributed by atoms with Crippen LogP contribution in [0.4, 0.5) is 30.7 Å². The minimum Gasteiger partial charge on any atom is -0.464 e. The van der Waals surface area contributed by atoms with E-state index in [2.05, 4.69) is 0 Å². The quantitative estimate of drug-likeness (QED) is 0.385. The zero-order valence-corrected chi connectivity index (χ0v) is 17.7. The van der Waals surface area contributed by atoms with Crippen LogP contribution in [0.5, 0.6) is 0 Å². The first-order valence-corrected chi connectivity index (χ1v) is 9.91. The van der Waals surface area contributed by atoms with E-state index in [4.69, 9.17) is 21.8 Å². The highest BCUT2D eigenvalue weighted by atomic mass is 35.5. The van der Waals surface area contributed by atoms with Crippen LogP contribution in [0.3, 0.4) is 0 Å². The molecule has 0 saturated carbocycles. The molecule has 0 aromatic heterocycles. The second kappa shape index (κ2) is 8.26. The molecule has 0 amide bonds. The SMILES string of the molecule is CC(C)C(c1ccc2cccoc1-2)C(N)(Cc1cc(C(F)(F)F)cc(Cl)c1F)C(F)(F)F. The summed E-state index contributed by atoms with van der Waals surface area (Å²) < 4.78 is 103. The van der Waals surface area contributed by atoms with Gasteiger partial charge in [0.05, 0.1) is 16.8 Å². The van der Waals surface area contributed by atoms with Gasteiger partial charge in [0.25, 0.3) is 0 Å². The number of fused-ring (bicyclic) bond motifs is 1. The summed E-state index contributed by atoms with van der Waals surface area (Å²) in [5.41, 5.74) is 1.26. The van der Waals surface area contributed by atoms with Gasteiger partial charge in [0.1, 0.15) is 17.1 Å². The zero-order chi connectivity index (χ0) is 24.1. The van der Waals surface area contributed by atoms with E-state index in [0.717, 1.165) is 0 Å². The standard InChI is InChI=1S/C22H19ClF7NO/c1-11(2)17(15-6-5-12-4-3-7-32-19(12)15)20(31,22(28,29)30)10-13-8-14(21(25,26)27)9-16(23)18(13)24/h3-9,11,17H,10,31H2,1-2H3. The molecule has 1 heterocycles. The number of benzene rings is 1. The number of halogens is 8. The summed E-state index contributed by atoms with van der Waals surface area (Å²) in [6, 6.07) is 6.84. The van der Waals surface area contributed by atoms with E-state index in [-0.39, 0.29) is 11.3 Å². The van der Waals surface area contributed by atoms with Crippen molar-refractivity contribution in [1.29, 1.82) is 0 Å². The van der Waals surface area contributed by atoms with E-state index in [1.165, 1.54) is 26.2 Å². The summed E-state index contributed by atoms with van der Waals surface area (Å²) in [6.07, 6.45) is -10.00. The maximum Gasteiger partial charge on any atom is 0.416 e. The average Bonchev–Trinajstić information content (AvgIpc) is 3.07. The largest absolute Gasteiger partial charge is 0.464 e. The lowest BCUT2D eigenvalue weighted by Crippen LogP contribution is -2.60. The fourth-order valence-corrected chi connectivity index (χ4v) is 4.37. The first-order valence-electron chi connectivity index (χ1n) is 9.53. The van der Waals surface area contributed by atoms with Gasteiger partial charge < -0.3 is 10.2 Å². The van der Waals surface area contributed by atoms with E-state index in [0.29, 0.717) is 17.7 Å². The molecular weight excluding hydrogens is 463 g/mol. The molecular formula is C22H19ClF7NO. The number of hydrogen-bond acceptors (Lipinski definition) is 2. The lowest BCUT2D eigenvalue weighted by Gasteiger charge is -2.41. The van der Waals surface area contributed by atoms with Crippen molar-refractivity contribution in [1.82, 2.24) is 0 Å². The summed E-state index contributed by atoms with van der Waals surface area (Å²) in [6.45, 7) is 2.99. The van der Waals surface area contributed by atoms with Crippen LogP contribution in [0.25, 0.3) is 11.3 Å². The lowest BCUT2D eigenvalue weighted by atomic mass is 9.70. The number of nitrogens with two attached hydrogens (primary N) is 1. The van der Waals surface area contributed by atoms with Gasteiger partial charge in [-0.1, -0.05) is 37.6 Å². The number of alkyl halides is 6. The molecule has 2 unspecified atom stereocenters. The third kappa shape index (κ3) is 4.32. The molecule has 32 heavy (non-hydrogen) atoms. The van der Waals surface area contributed by atoms with Gasteiger partial charge in [-0.05, 0) is 35.7 Å². The topological polar surface area (TPSA) is 39.2 Å². The predicted octanol–water partition coefficient (Wildman–Crippen LogP) is 7.44. The Morgan fingerprint density at radius 2 is 1.69 bits per heavy atom. The highest BCUT2D eigenvalue weighted by Crippen LogP contribution is 2.49.